The molecule has 1 aliphatic heterocycles. The lowest BCUT2D eigenvalue weighted by Crippen LogP contribution is -2.45. The fourth-order valence-electron chi connectivity index (χ4n) is 2.90. The molecule has 1 saturated heterocycles. The van der Waals surface area contributed by atoms with Crippen molar-refractivity contribution >= 4 is 5.97 Å². The number of carbonyl (C=O) groups is 1. The summed E-state index contributed by atoms with van der Waals surface area (Å²) in [5.74, 6) is -0.110. The standard InChI is InChI=1S/C17H34N2O2/c1-6-17(5)9-12-19(13-10-17)11-8-15(18-14(3)4)16(20)21-7-2/h14-15,18H,6-13H2,1-5H3. The Balaban J connectivity index is 2.41. The summed E-state index contributed by atoms with van der Waals surface area (Å²) < 4.78 is 5.18. The van der Waals surface area contributed by atoms with Crippen LogP contribution in [0.1, 0.15) is 60.3 Å². The molecule has 124 valence electrons. The maximum Gasteiger partial charge on any atom is 0.323 e. The number of carbonyl (C=O) groups excluding carboxylic acids is 1. The van der Waals surface area contributed by atoms with Gasteiger partial charge >= 0.3 is 5.97 Å². The van der Waals surface area contributed by atoms with E-state index >= 15 is 0 Å². The first-order chi connectivity index (χ1) is 9.90. The quantitative estimate of drug-likeness (QED) is 0.700. The van der Waals surface area contributed by atoms with Crippen LogP contribution < -0.4 is 5.32 Å². The monoisotopic (exact) mass is 298 g/mol. The van der Waals surface area contributed by atoms with Crippen molar-refractivity contribution in [1.82, 2.24) is 10.2 Å². The smallest absolute Gasteiger partial charge is 0.323 e. The van der Waals surface area contributed by atoms with E-state index in [2.05, 4.69) is 37.9 Å². The topological polar surface area (TPSA) is 41.6 Å². The summed E-state index contributed by atoms with van der Waals surface area (Å²) in [6.45, 7) is 14.4. The molecule has 1 fully saturated rings. The zero-order valence-electron chi connectivity index (χ0n) is 14.6. The van der Waals surface area contributed by atoms with Crippen molar-refractivity contribution in [3.8, 4) is 0 Å². The van der Waals surface area contributed by atoms with Gasteiger partial charge in [-0.2, -0.15) is 0 Å². The van der Waals surface area contributed by atoms with Crippen molar-refractivity contribution in [2.75, 3.05) is 26.2 Å². The fourth-order valence-corrected chi connectivity index (χ4v) is 2.90. The van der Waals surface area contributed by atoms with Gasteiger partial charge in [-0.1, -0.05) is 34.1 Å². The van der Waals surface area contributed by atoms with Gasteiger partial charge in [0.25, 0.3) is 0 Å². The van der Waals surface area contributed by atoms with Crippen molar-refractivity contribution in [1.29, 1.82) is 0 Å². The number of ether oxygens (including phenoxy) is 1. The van der Waals surface area contributed by atoms with Gasteiger partial charge in [-0.15, -0.1) is 0 Å². The highest BCUT2D eigenvalue weighted by atomic mass is 16.5. The van der Waals surface area contributed by atoms with E-state index in [1.165, 1.54) is 19.3 Å². The van der Waals surface area contributed by atoms with E-state index in [1.54, 1.807) is 0 Å². The molecule has 0 amide bonds. The van der Waals surface area contributed by atoms with E-state index in [4.69, 9.17) is 4.74 Å². The Kier molecular flexibility index (Phi) is 7.67. The van der Waals surface area contributed by atoms with Gasteiger partial charge in [0.05, 0.1) is 6.61 Å². The molecule has 0 spiro atoms. The van der Waals surface area contributed by atoms with Crippen LogP contribution in [-0.4, -0.2) is 49.2 Å². The summed E-state index contributed by atoms with van der Waals surface area (Å²) in [5.41, 5.74) is 0.521. The highest BCUT2D eigenvalue weighted by Gasteiger charge is 2.29. The van der Waals surface area contributed by atoms with Crippen LogP contribution >= 0.6 is 0 Å². The molecule has 4 heteroatoms. The fraction of sp³-hybridized carbons (Fsp3) is 0.941. The maximum absolute atomic E-state index is 12.0. The third-order valence-corrected chi connectivity index (χ3v) is 4.76. The molecular weight excluding hydrogens is 264 g/mol. The van der Waals surface area contributed by atoms with Gasteiger partial charge in [0.15, 0.2) is 0 Å². The van der Waals surface area contributed by atoms with Crippen LogP contribution in [0, 0.1) is 5.41 Å². The molecule has 21 heavy (non-hydrogen) atoms. The SMILES string of the molecule is CCOC(=O)C(CCN1CCC(C)(CC)CC1)NC(C)C. The van der Waals surface area contributed by atoms with Crippen LogP contribution in [0.4, 0.5) is 0 Å². The highest BCUT2D eigenvalue weighted by molar-refractivity contribution is 5.75. The van der Waals surface area contributed by atoms with Crippen LogP contribution in [0.2, 0.25) is 0 Å². The van der Waals surface area contributed by atoms with Crippen LogP contribution in [-0.2, 0) is 9.53 Å². The molecule has 1 rings (SSSR count). The predicted molar refractivity (Wildman–Crippen MR) is 87.4 cm³/mol. The largest absolute Gasteiger partial charge is 0.465 e. The summed E-state index contributed by atoms with van der Waals surface area (Å²) in [6.07, 6.45) is 4.64. The molecule has 1 aliphatic rings. The van der Waals surface area contributed by atoms with E-state index in [1.807, 2.05) is 6.92 Å². The minimum absolute atomic E-state index is 0.110. The van der Waals surface area contributed by atoms with Gasteiger partial charge in [-0.05, 0) is 44.7 Å². The number of rotatable bonds is 8. The number of nitrogens with one attached hydrogen (secondary N) is 1. The molecule has 1 N–H and O–H groups in total. The van der Waals surface area contributed by atoms with Crippen LogP contribution in [0.25, 0.3) is 0 Å². The number of piperidine rings is 1. The van der Waals surface area contributed by atoms with Crippen LogP contribution in [0.5, 0.6) is 0 Å². The second kappa shape index (κ2) is 8.74. The second-order valence-corrected chi connectivity index (χ2v) is 6.92. The molecular formula is C17H34N2O2. The van der Waals surface area contributed by atoms with E-state index < -0.39 is 0 Å². The lowest BCUT2D eigenvalue weighted by Gasteiger charge is -2.39. The third-order valence-electron chi connectivity index (χ3n) is 4.76. The molecule has 0 aromatic rings. The molecule has 1 atom stereocenters. The normalized spacial score (nSPS) is 20.5. The third kappa shape index (κ3) is 6.35. The van der Waals surface area contributed by atoms with Gasteiger partial charge in [-0.25, -0.2) is 0 Å². The average molecular weight is 298 g/mol. The summed E-state index contributed by atoms with van der Waals surface area (Å²) in [6, 6.07) is 0.119. The molecule has 4 nitrogen and oxygen atoms in total. The summed E-state index contributed by atoms with van der Waals surface area (Å²) >= 11 is 0. The van der Waals surface area contributed by atoms with Crippen molar-refractivity contribution in [3.05, 3.63) is 0 Å². The maximum atomic E-state index is 12.0. The van der Waals surface area contributed by atoms with Crippen molar-refractivity contribution in [2.45, 2.75) is 72.4 Å². The first kappa shape index (κ1) is 18.4. The molecule has 0 aromatic heterocycles. The Bertz CT molecular complexity index is 310. The minimum atomic E-state index is -0.176. The molecule has 0 radical (unpaired) electrons. The molecule has 0 aromatic carbocycles. The molecule has 0 saturated carbocycles. The molecule has 0 aliphatic carbocycles. The van der Waals surface area contributed by atoms with E-state index in [0.717, 1.165) is 26.1 Å². The number of hydrogen-bond acceptors (Lipinski definition) is 4. The summed E-state index contributed by atoms with van der Waals surface area (Å²) in [4.78, 5) is 14.5. The van der Waals surface area contributed by atoms with Gasteiger partial charge in [0.1, 0.15) is 6.04 Å². The van der Waals surface area contributed by atoms with Gasteiger partial charge < -0.3 is 15.0 Å². The van der Waals surface area contributed by atoms with Gasteiger partial charge in [0.2, 0.25) is 0 Å². The summed E-state index contributed by atoms with van der Waals surface area (Å²) in [5, 5.41) is 3.33. The molecule has 1 unspecified atom stereocenters. The zero-order chi connectivity index (χ0) is 15.9. The Labute approximate surface area is 130 Å². The average Bonchev–Trinajstić information content (AvgIpc) is 2.45. The number of nitrogens with zero attached hydrogens (tertiary/aromatic N) is 1. The lowest BCUT2D eigenvalue weighted by atomic mass is 9.78. The first-order valence-electron chi connectivity index (χ1n) is 8.55. The summed E-state index contributed by atoms with van der Waals surface area (Å²) in [7, 11) is 0. The number of hydrogen-bond donors (Lipinski definition) is 1. The minimum Gasteiger partial charge on any atom is -0.465 e. The molecule has 1 heterocycles. The first-order valence-corrected chi connectivity index (χ1v) is 8.55. The zero-order valence-corrected chi connectivity index (χ0v) is 14.6. The molecule has 0 bridgehead atoms. The predicted octanol–water partition coefficient (Wildman–Crippen LogP) is 2.82. The van der Waals surface area contributed by atoms with Crippen molar-refractivity contribution in [2.24, 2.45) is 5.41 Å². The van der Waals surface area contributed by atoms with Crippen LogP contribution in [0.15, 0.2) is 0 Å². The highest BCUT2D eigenvalue weighted by Crippen LogP contribution is 2.33. The Morgan fingerprint density at radius 2 is 1.90 bits per heavy atom. The van der Waals surface area contributed by atoms with E-state index in [-0.39, 0.29) is 12.0 Å². The van der Waals surface area contributed by atoms with E-state index in [0.29, 0.717) is 18.1 Å². The van der Waals surface area contributed by atoms with Crippen molar-refractivity contribution in [3.63, 3.8) is 0 Å². The lowest BCUT2D eigenvalue weighted by molar-refractivity contribution is -0.146. The Morgan fingerprint density at radius 1 is 1.29 bits per heavy atom. The van der Waals surface area contributed by atoms with Crippen LogP contribution in [0.3, 0.4) is 0 Å². The van der Waals surface area contributed by atoms with Gasteiger partial charge in [-0.3, -0.25) is 4.79 Å². The number of esters is 1. The van der Waals surface area contributed by atoms with Gasteiger partial charge in [0, 0.05) is 12.6 Å². The second-order valence-electron chi connectivity index (χ2n) is 6.92. The Hall–Kier alpha value is -0.610. The van der Waals surface area contributed by atoms with E-state index in [9.17, 15) is 4.79 Å². The Morgan fingerprint density at radius 3 is 2.38 bits per heavy atom. The number of likely N-dealkylation sites (tertiary alicyclic amines) is 1. The van der Waals surface area contributed by atoms with Crippen molar-refractivity contribution < 1.29 is 9.53 Å².